The highest BCUT2D eigenvalue weighted by atomic mass is 32.1. The van der Waals surface area contributed by atoms with Crippen molar-refractivity contribution in [3.8, 4) is 10.8 Å². The lowest BCUT2D eigenvalue weighted by molar-refractivity contribution is 0.0768. The van der Waals surface area contributed by atoms with Gasteiger partial charge in [0.1, 0.15) is 11.2 Å². The molecule has 1 amide bonds. The Morgan fingerprint density at radius 3 is 3.04 bits per heavy atom. The second-order valence-electron chi connectivity index (χ2n) is 4.82. The SMILES string of the molecule is C=CCN(Cc1cccs1)C(=O)c1sc(-c2ncn[nH]2)nc1C. The average Bonchev–Trinajstić information content (AvgIpc) is 3.27. The first kappa shape index (κ1) is 15.6. The lowest BCUT2D eigenvalue weighted by atomic mass is 10.3. The summed E-state index contributed by atoms with van der Waals surface area (Å²) < 4.78 is 0. The van der Waals surface area contributed by atoms with E-state index >= 15 is 0 Å². The van der Waals surface area contributed by atoms with Gasteiger partial charge in [-0.2, -0.15) is 5.10 Å². The number of amides is 1. The van der Waals surface area contributed by atoms with Gasteiger partial charge in [-0.15, -0.1) is 29.3 Å². The van der Waals surface area contributed by atoms with Crippen molar-refractivity contribution >= 4 is 28.6 Å². The third-order valence-corrected chi connectivity index (χ3v) is 5.19. The van der Waals surface area contributed by atoms with Gasteiger partial charge in [-0.25, -0.2) is 9.97 Å². The molecule has 0 aliphatic heterocycles. The van der Waals surface area contributed by atoms with E-state index in [0.29, 0.717) is 34.5 Å². The van der Waals surface area contributed by atoms with Gasteiger partial charge in [-0.3, -0.25) is 9.89 Å². The lowest BCUT2D eigenvalue weighted by Gasteiger charge is -2.19. The molecule has 3 aromatic heterocycles. The van der Waals surface area contributed by atoms with Crippen molar-refractivity contribution in [2.45, 2.75) is 13.5 Å². The van der Waals surface area contributed by atoms with E-state index in [1.54, 1.807) is 22.3 Å². The van der Waals surface area contributed by atoms with Gasteiger partial charge in [0.15, 0.2) is 10.8 Å². The van der Waals surface area contributed by atoms with Crippen LogP contribution in [0.3, 0.4) is 0 Å². The number of thiazole rings is 1. The van der Waals surface area contributed by atoms with Crippen LogP contribution in [0.15, 0.2) is 36.5 Å². The number of nitrogens with zero attached hydrogens (tertiary/aromatic N) is 4. The molecule has 3 aromatic rings. The van der Waals surface area contributed by atoms with Gasteiger partial charge in [-0.05, 0) is 18.4 Å². The van der Waals surface area contributed by atoms with E-state index in [-0.39, 0.29) is 5.91 Å². The molecule has 118 valence electrons. The van der Waals surface area contributed by atoms with Crippen molar-refractivity contribution in [2.24, 2.45) is 0 Å². The summed E-state index contributed by atoms with van der Waals surface area (Å²) in [6.45, 7) is 6.64. The van der Waals surface area contributed by atoms with E-state index in [2.05, 4.69) is 26.7 Å². The summed E-state index contributed by atoms with van der Waals surface area (Å²) in [5, 5.41) is 9.26. The fourth-order valence-electron chi connectivity index (χ4n) is 2.11. The molecule has 0 aliphatic carbocycles. The monoisotopic (exact) mass is 345 g/mol. The summed E-state index contributed by atoms with van der Waals surface area (Å²) in [6, 6.07) is 4.00. The molecule has 0 spiro atoms. The average molecular weight is 345 g/mol. The van der Waals surface area contributed by atoms with E-state index < -0.39 is 0 Å². The highest BCUT2D eigenvalue weighted by Gasteiger charge is 2.22. The van der Waals surface area contributed by atoms with Crippen molar-refractivity contribution in [1.29, 1.82) is 0 Å². The molecule has 0 atom stereocenters. The number of carbonyl (C=O) groups excluding carboxylic acids is 1. The number of nitrogens with one attached hydrogen (secondary N) is 1. The Kier molecular flexibility index (Phi) is 4.63. The van der Waals surface area contributed by atoms with Gasteiger partial charge >= 0.3 is 0 Å². The van der Waals surface area contributed by atoms with Crippen molar-refractivity contribution < 1.29 is 4.79 Å². The molecule has 3 rings (SSSR count). The van der Waals surface area contributed by atoms with Crippen molar-refractivity contribution in [3.63, 3.8) is 0 Å². The summed E-state index contributed by atoms with van der Waals surface area (Å²) in [5.41, 5.74) is 0.701. The van der Waals surface area contributed by atoms with Crippen LogP contribution < -0.4 is 0 Å². The maximum Gasteiger partial charge on any atom is 0.266 e. The normalized spacial score (nSPS) is 10.7. The largest absolute Gasteiger partial charge is 0.329 e. The molecule has 0 aromatic carbocycles. The molecule has 0 aliphatic rings. The number of aryl methyl sites for hydroxylation is 1. The highest BCUT2D eigenvalue weighted by Crippen LogP contribution is 2.27. The van der Waals surface area contributed by atoms with Gasteiger partial charge in [-0.1, -0.05) is 12.1 Å². The van der Waals surface area contributed by atoms with Crippen LogP contribution in [0.5, 0.6) is 0 Å². The third kappa shape index (κ3) is 3.38. The van der Waals surface area contributed by atoms with Crippen molar-refractivity contribution in [1.82, 2.24) is 25.1 Å². The molecular formula is C15H15N5OS2. The minimum absolute atomic E-state index is 0.0425. The van der Waals surface area contributed by atoms with Crippen LogP contribution in [-0.4, -0.2) is 37.5 Å². The Balaban J connectivity index is 1.86. The van der Waals surface area contributed by atoms with E-state index in [4.69, 9.17) is 0 Å². The van der Waals surface area contributed by atoms with E-state index in [0.717, 1.165) is 4.88 Å². The molecule has 3 heterocycles. The second kappa shape index (κ2) is 6.84. The Morgan fingerprint density at radius 2 is 2.39 bits per heavy atom. The van der Waals surface area contributed by atoms with Gasteiger partial charge in [0.05, 0.1) is 12.2 Å². The minimum atomic E-state index is -0.0425. The third-order valence-electron chi connectivity index (χ3n) is 3.17. The second-order valence-corrected chi connectivity index (χ2v) is 6.85. The number of hydrogen-bond acceptors (Lipinski definition) is 6. The summed E-state index contributed by atoms with van der Waals surface area (Å²) in [5.74, 6) is 0.532. The molecule has 23 heavy (non-hydrogen) atoms. The van der Waals surface area contributed by atoms with Crippen LogP contribution in [0, 0.1) is 6.92 Å². The fraction of sp³-hybridized carbons (Fsp3) is 0.200. The zero-order valence-corrected chi connectivity index (χ0v) is 14.2. The zero-order chi connectivity index (χ0) is 16.2. The Morgan fingerprint density at radius 1 is 1.52 bits per heavy atom. The van der Waals surface area contributed by atoms with E-state index in [9.17, 15) is 4.79 Å². The minimum Gasteiger partial charge on any atom is -0.329 e. The Labute approximate surface area is 141 Å². The topological polar surface area (TPSA) is 74.8 Å². The molecule has 0 bridgehead atoms. The lowest BCUT2D eigenvalue weighted by Crippen LogP contribution is -2.30. The first-order chi connectivity index (χ1) is 11.2. The quantitative estimate of drug-likeness (QED) is 0.697. The predicted octanol–water partition coefficient (Wildman–Crippen LogP) is 3.13. The van der Waals surface area contributed by atoms with Gasteiger partial charge in [0.25, 0.3) is 5.91 Å². The van der Waals surface area contributed by atoms with Crippen LogP contribution in [0.4, 0.5) is 0 Å². The number of hydrogen-bond donors (Lipinski definition) is 1. The molecule has 0 unspecified atom stereocenters. The highest BCUT2D eigenvalue weighted by molar-refractivity contribution is 7.17. The maximum atomic E-state index is 12.9. The first-order valence-corrected chi connectivity index (χ1v) is 8.64. The molecule has 8 heteroatoms. The molecule has 0 radical (unpaired) electrons. The number of H-pyrrole nitrogens is 1. The fourth-order valence-corrected chi connectivity index (χ4v) is 3.81. The molecule has 0 fully saturated rings. The summed E-state index contributed by atoms with van der Waals surface area (Å²) in [6.07, 6.45) is 3.16. The maximum absolute atomic E-state index is 12.9. The Bertz CT molecular complexity index is 792. The van der Waals surface area contributed by atoms with Crippen LogP contribution in [0.2, 0.25) is 0 Å². The van der Waals surface area contributed by atoms with E-state index in [1.807, 2.05) is 24.4 Å². The number of carbonyl (C=O) groups is 1. The summed E-state index contributed by atoms with van der Waals surface area (Å²) in [7, 11) is 0. The number of aromatic amines is 1. The summed E-state index contributed by atoms with van der Waals surface area (Å²) >= 11 is 2.96. The van der Waals surface area contributed by atoms with Crippen LogP contribution in [0.25, 0.3) is 10.8 Å². The molecule has 1 N–H and O–H groups in total. The Hall–Kier alpha value is -2.32. The van der Waals surface area contributed by atoms with Crippen LogP contribution in [0.1, 0.15) is 20.2 Å². The number of thiophene rings is 1. The standard InChI is InChI=1S/C15H15N5OS2/c1-3-6-20(8-11-5-4-7-22-11)15(21)12-10(2)18-14(23-12)13-16-9-17-19-13/h3-5,7,9H,1,6,8H2,2H3,(H,16,17,19). The van der Waals surface area contributed by atoms with Crippen LogP contribution >= 0.6 is 22.7 Å². The molecule has 0 saturated carbocycles. The molecular weight excluding hydrogens is 330 g/mol. The molecule has 6 nitrogen and oxygen atoms in total. The van der Waals surface area contributed by atoms with E-state index in [1.165, 1.54) is 17.7 Å². The van der Waals surface area contributed by atoms with Gasteiger partial charge in [0.2, 0.25) is 0 Å². The zero-order valence-electron chi connectivity index (χ0n) is 12.5. The van der Waals surface area contributed by atoms with Gasteiger partial charge in [0, 0.05) is 11.4 Å². The van der Waals surface area contributed by atoms with Crippen molar-refractivity contribution in [3.05, 3.63) is 51.9 Å². The number of rotatable bonds is 6. The van der Waals surface area contributed by atoms with Crippen LogP contribution in [-0.2, 0) is 6.54 Å². The summed E-state index contributed by atoms with van der Waals surface area (Å²) in [4.78, 5) is 24.9. The molecule has 0 saturated heterocycles. The van der Waals surface area contributed by atoms with Crippen molar-refractivity contribution in [2.75, 3.05) is 6.54 Å². The van der Waals surface area contributed by atoms with Gasteiger partial charge < -0.3 is 4.90 Å². The first-order valence-electron chi connectivity index (χ1n) is 6.94. The predicted molar refractivity (Wildman–Crippen MR) is 91.5 cm³/mol. The smallest absolute Gasteiger partial charge is 0.266 e. The number of aromatic nitrogens is 4.